The Labute approximate surface area is 109 Å². The minimum absolute atomic E-state index is 0.348. The predicted octanol–water partition coefficient (Wildman–Crippen LogP) is 2.54. The van der Waals surface area contributed by atoms with Gasteiger partial charge >= 0.3 is 5.97 Å². The first-order chi connectivity index (χ1) is 8.49. The van der Waals surface area contributed by atoms with Gasteiger partial charge in [0.2, 0.25) is 0 Å². The molecule has 18 heavy (non-hydrogen) atoms. The van der Waals surface area contributed by atoms with E-state index in [2.05, 4.69) is 25.7 Å². The van der Waals surface area contributed by atoms with E-state index in [0.717, 1.165) is 18.8 Å². The monoisotopic (exact) mass is 250 g/mol. The second-order valence-corrected chi connectivity index (χ2v) is 4.70. The molecule has 0 amide bonds. The molecule has 0 unspecified atom stereocenters. The third kappa shape index (κ3) is 3.39. The number of benzene rings is 1. The molecular weight excluding hydrogens is 228 g/mol. The molecule has 0 atom stereocenters. The summed E-state index contributed by atoms with van der Waals surface area (Å²) in [6.45, 7) is 8.10. The lowest BCUT2D eigenvalue weighted by molar-refractivity contribution is 0.0601. The zero-order valence-corrected chi connectivity index (χ0v) is 11.6. The zero-order valence-electron chi connectivity index (χ0n) is 11.6. The van der Waals surface area contributed by atoms with Gasteiger partial charge in [0.15, 0.2) is 0 Å². The van der Waals surface area contributed by atoms with E-state index in [1.807, 2.05) is 12.1 Å². The molecule has 100 valence electrons. The van der Waals surface area contributed by atoms with Crippen LogP contribution in [-0.4, -0.2) is 26.2 Å². The molecule has 0 aliphatic carbocycles. The SMILES string of the molecule is CCN(CC(C)C)c1ccc(N)cc1C(=O)OC. The molecular formula is C14H22N2O2. The number of carbonyl (C=O) groups is 1. The Balaban J connectivity index is 3.16. The average molecular weight is 250 g/mol. The molecule has 0 saturated carbocycles. The van der Waals surface area contributed by atoms with Gasteiger partial charge in [0.05, 0.1) is 18.4 Å². The van der Waals surface area contributed by atoms with Gasteiger partial charge in [-0.3, -0.25) is 0 Å². The summed E-state index contributed by atoms with van der Waals surface area (Å²) in [5.41, 5.74) is 7.72. The second kappa shape index (κ2) is 6.28. The van der Waals surface area contributed by atoms with Crippen LogP contribution in [0, 0.1) is 5.92 Å². The topological polar surface area (TPSA) is 55.6 Å². The van der Waals surface area contributed by atoms with Gasteiger partial charge in [0.25, 0.3) is 0 Å². The summed E-state index contributed by atoms with van der Waals surface area (Å²) < 4.78 is 4.81. The molecule has 1 aromatic rings. The van der Waals surface area contributed by atoms with Crippen LogP contribution in [0.5, 0.6) is 0 Å². The van der Waals surface area contributed by atoms with E-state index in [0.29, 0.717) is 17.2 Å². The molecule has 0 aliphatic heterocycles. The maximum atomic E-state index is 11.8. The van der Waals surface area contributed by atoms with Gasteiger partial charge in [-0.05, 0) is 31.0 Å². The highest BCUT2D eigenvalue weighted by atomic mass is 16.5. The molecule has 0 fully saturated rings. The van der Waals surface area contributed by atoms with Crippen molar-refractivity contribution in [2.75, 3.05) is 30.8 Å². The molecule has 4 heteroatoms. The molecule has 0 aromatic heterocycles. The Morgan fingerprint density at radius 2 is 2.11 bits per heavy atom. The minimum atomic E-state index is -0.348. The molecule has 0 saturated heterocycles. The number of methoxy groups -OCH3 is 1. The smallest absolute Gasteiger partial charge is 0.340 e. The lowest BCUT2D eigenvalue weighted by Gasteiger charge is -2.27. The fourth-order valence-corrected chi connectivity index (χ4v) is 1.94. The Hall–Kier alpha value is -1.71. The van der Waals surface area contributed by atoms with Gasteiger partial charge in [-0.2, -0.15) is 0 Å². The molecule has 0 spiro atoms. The third-order valence-corrected chi connectivity index (χ3v) is 2.73. The Morgan fingerprint density at radius 3 is 2.61 bits per heavy atom. The number of ether oxygens (including phenoxy) is 1. The number of nitrogen functional groups attached to an aromatic ring is 1. The van der Waals surface area contributed by atoms with Gasteiger partial charge in [-0.25, -0.2) is 4.79 Å². The molecule has 0 aliphatic rings. The van der Waals surface area contributed by atoms with Gasteiger partial charge in [0, 0.05) is 18.8 Å². The van der Waals surface area contributed by atoms with Crippen LogP contribution in [-0.2, 0) is 4.74 Å². The van der Waals surface area contributed by atoms with Crippen LogP contribution in [0.1, 0.15) is 31.1 Å². The van der Waals surface area contributed by atoms with E-state index in [1.165, 1.54) is 7.11 Å². The van der Waals surface area contributed by atoms with Crippen LogP contribution in [0.4, 0.5) is 11.4 Å². The average Bonchev–Trinajstić information content (AvgIpc) is 2.35. The van der Waals surface area contributed by atoms with E-state index in [9.17, 15) is 4.79 Å². The summed E-state index contributed by atoms with van der Waals surface area (Å²) in [6.07, 6.45) is 0. The largest absolute Gasteiger partial charge is 0.465 e. The highest BCUT2D eigenvalue weighted by Crippen LogP contribution is 2.24. The van der Waals surface area contributed by atoms with Gasteiger partial charge < -0.3 is 15.4 Å². The van der Waals surface area contributed by atoms with Crippen molar-refractivity contribution in [3.63, 3.8) is 0 Å². The Bertz CT molecular complexity index is 416. The summed E-state index contributed by atoms with van der Waals surface area (Å²) in [5, 5.41) is 0. The van der Waals surface area contributed by atoms with E-state index >= 15 is 0 Å². The lowest BCUT2D eigenvalue weighted by atomic mass is 10.1. The molecule has 0 radical (unpaired) electrons. The van der Waals surface area contributed by atoms with E-state index in [-0.39, 0.29) is 5.97 Å². The van der Waals surface area contributed by atoms with Crippen molar-refractivity contribution < 1.29 is 9.53 Å². The molecule has 1 aromatic carbocycles. The summed E-state index contributed by atoms with van der Waals surface area (Å²) in [5.74, 6) is 0.174. The number of nitrogens with two attached hydrogens (primary N) is 1. The zero-order chi connectivity index (χ0) is 13.7. The van der Waals surface area contributed by atoms with Crippen molar-refractivity contribution in [1.82, 2.24) is 0 Å². The Kier molecular flexibility index (Phi) is 5.01. The lowest BCUT2D eigenvalue weighted by Crippen LogP contribution is -2.29. The van der Waals surface area contributed by atoms with Gasteiger partial charge in [-0.1, -0.05) is 13.8 Å². The third-order valence-electron chi connectivity index (χ3n) is 2.73. The van der Waals surface area contributed by atoms with Crippen LogP contribution in [0.3, 0.4) is 0 Å². The van der Waals surface area contributed by atoms with E-state index in [1.54, 1.807) is 6.07 Å². The molecule has 2 N–H and O–H groups in total. The summed E-state index contributed by atoms with van der Waals surface area (Å²) >= 11 is 0. The fourth-order valence-electron chi connectivity index (χ4n) is 1.94. The second-order valence-electron chi connectivity index (χ2n) is 4.70. The number of rotatable bonds is 5. The van der Waals surface area contributed by atoms with Crippen LogP contribution < -0.4 is 10.6 Å². The predicted molar refractivity (Wildman–Crippen MR) is 74.9 cm³/mol. The number of hydrogen-bond donors (Lipinski definition) is 1. The van der Waals surface area contributed by atoms with Crippen LogP contribution in [0.15, 0.2) is 18.2 Å². The van der Waals surface area contributed by atoms with Crippen molar-refractivity contribution in [1.29, 1.82) is 0 Å². The standard InChI is InChI=1S/C14H22N2O2/c1-5-16(9-10(2)3)13-7-6-11(15)8-12(13)14(17)18-4/h6-8,10H,5,9,15H2,1-4H3. The van der Waals surface area contributed by atoms with Crippen molar-refractivity contribution >= 4 is 17.3 Å². The highest BCUT2D eigenvalue weighted by Gasteiger charge is 2.17. The van der Waals surface area contributed by atoms with E-state index in [4.69, 9.17) is 10.5 Å². The number of esters is 1. The molecule has 1 rings (SSSR count). The van der Waals surface area contributed by atoms with Gasteiger partial charge in [-0.15, -0.1) is 0 Å². The summed E-state index contributed by atoms with van der Waals surface area (Å²) in [6, 6.07) is 5.36. The maximum absolute atomic E-state index is 11.8. The number of nitrogens with zero attached hydrogens (tertiary/aromatic N) is 1. The summed E-state index contributed by atoms with van der Waals surface area (Å²) in [7, 11) is 1.38. The summed E-state index contributed by atoms with van der Waals surface area (Å²) in [4.78, 5) is 14.0. The molecule has 0 bridgehead atoms. The fraction of sp³-hybridized carbons (Fsp3) is 0.500. The van der Waals surface area contributed by atoms with Crippen LogP contribution in [0.2, 0.25) is 0 Å². The first-order valence-corrected chi connectivity index (χ1v) is 6.22. The van der Waals surface area contributed by atoms with Crippen molar-refractivity contribution in [2.45, 2.75) is 20.8 Å². The van der Waals surface area contributed by atoms with Crippen molar-refractivity contribution in [3.8, 4) is 0 Å². The maximum Gasteiger partial charge on any atom is 0.340 e. The van der Waals surface area contributed by atoms with Crippen LogP contribution in [0.25, 0.3) is 0 Å². The number of anilines is 2. The first kappa shape index (κ1) is 14.4. The molecule has 0 heterocycles. The number of hydrogen-bond acceptors (Lipinski definition) is 4. The van der Waals surface area contributed by atoms with Gasteiger partial charge in [0.1, 0.15) is 0 Å². The minimum Gasteiger partial charge on any atom is -0.465 e. The highest BCUT2D eigenvalue weighted by molar-refractivity contribution is 5.96. The quantitative estimate of drug-likeness (QED) is 0.644. The molecule has 4 nitrogen and oxygen atoms in total. The van der Waals surface area contributed by atoms with Crippen LogP contribution >= 0.6 is 0 Å². The normalized spacial score (nSPS) is 10.5. The number of carbonyl (C=O) groups excluding carboxylic acids is 1. The van der Waals surface area contributed by atoms with Crippen molar-refractivity contribution in [2.24, 2.45) is 5.92 Å². The first-order valence-electron chi connectivity index (χ1n) is 6.22. The van der Waals surface area contributed by atoms with Crippen molar-refractivity contribution in [3.05, 3.63) is 23.8 Å². The Morgan fingerprint density at radius 1 is 1.44 bits per heavy atom. The van der Waals surface area contributed by atoms with E-state index < -0.39 is 0 Å².